The second kappa shape index (κ2) is 7.11. The van der Waals surface area contributed by atoms with Crippen molar-refractivity contribution in [2.45, 2.75) is 13.8 Å². The molecule has 7 nitrogen and oxygen atoms in total. The molecule has 0 fully saturated rings. The Bertz CT molecular complexity index is 539. The third-order valence-electron chi connectivity index (χ3n) is 2.15. The highest BCUT2D eigenvalue weighted by atomic mass is 32.2. The lowest BCUT2D eigenvalue weighted by atomic mass is 10.2. The molecule has 112 valence electrons. The third-order valence-corrected chi connectivity index (χ3v) is 3.20. The average Bonchev–Trinajstić information content (AvgIpc) is 2.35. The summed E-state index contributed by atoms with van der Waals surface area (Å²) in [5.74, 6) is -0.517. The molecule has 0 atom stereocenters. The van der Waals surface area contributed by atoms with Crippen LogP contribution in [0.4, 0.5) is 5.69 Å². The molecular weight excluding hydrogens is 284 g/mol. The second-order valence-electron chi connectivity index (χ2n) is 4.55. The number of carbonyl (C=O) groups is 1. The fraction of sp³-hybridized carbons (Fsp3) is 0.417. The van der Waals surface area contributed by atoms with Crippen molar-refractivity contribution in [3.63, 3.8) is 0 Å². The van der Waals surface area contributed by atoms with Gasteiger partial charge in [-0.2, -0.15) is 13.1 Å². The zero-order valence-electron chi connectivity index (χ0n) is 11.3. The number of aliphatic carboxylic acids is 1. The molecular formula is C12H18N2O5S. The van der Waals surface area contributed by atoms with E-state index in [-0.39, 0.29) is 5.92 Å². The van der Waals surface area contributed by atoms with Gasteiger partial charge in [-0.05, 0) is 30.2 Å². The van der Waals surface area contributed by atoms with Crippen molar-refractivity contribution in [1.82, 2.24) is 4.72 Å². The summed E-state index contributed by atoms with van der Waals surface area (Å²) in [6, 6.07) is 5.96. The molecule has 20 heavy (non-hydrogen) atoms. The third kappa shape index (κ3) is 6.39. The van der Waals surface area contributed by atoms with Gasteiger partial charge in [0.25, 0.3) is 10.2 Å². The zero-order chi connectivity index (χ0) is 15.2. The minimum atomic E-state index is -3.60. The van der Waals surface area contributed by atoms with Crippen molar-refractivity contribution in [3.8, 4) is 5.75 Å². The Kier molecular flexibility index (Phi) is 5.78. The lowest BCUT2D eigenvalue weighted by Gasteiger charge is -2.11. The lowest BCUT2D eigenvalue weighted by molar-refractivity contribution is -0.139. The fourth-order valence-corrected chi connectivity index (χ4v) is 2.30. The number of carboxylic acids is 1. The lowest BCUT2D eigenvalue weighted by Crippen LogP contribution is -2.32. The van der Waals surface area contributed by atoms with Crippen LogP contribution in [0.25, 0.3) is 0 Å². The van der Waals surface area contributed by atoms with Crippen LogP contribution in [0.3, 0.4) is 0 Å². The number of carboxylic acid groups (broad SMARTS) is 1. The predicted molar refractivity (Wildman–Crippen MR) is 75.0 cm³/mol. The number of ether oxygens (including phenoxy) is 1. The smallest absolute Gasteiger partial charge is 0.341 e. The summed E-state index contributed by atoms with van der Waals surface area (Å²) < 4.78 is 33.1. The molecule has 1 aromatic carbocycles. The van der Waals surface area contributed by atoms with Gasteiger partial charge in [-0.15, -0.1) is 0 Å². The maximum Gasteiger partial charge on any atom is 0.341 e. The molecule has 0 saturated carbocycles. The molecule has 1 aromatic rings. The molecule has 3 N–H and O–H groups in total. The van der Waals surface area contributed by atoms with Crippen LogP contribution in [0, 0.1) is 5.92 Å². The van der Waals surface area contributed by atoms with Gasteiger partial charge in [0.15, 0.2) is 6.61 Å². The first-order valence-corrected chi connectivity index (χ1v) is 7.49. The molecule has 0 spiro atoms. The van der Waals surface area contributed by atoms with Gasteiger partial charge in [-0.3, -0.25) is 4.72 Å². The van der Waals surface area contributed by atoms with E-state index in [2.05, 4.69) is 9.44 Å². The zero-order valence-corrected chi connectivity index (χ0v) is 12.1. The van der Waals surface area contributed by atoms with Gasteiger partial charge in [0, 0.05) is 12.2 Å². The Morgan fingerprint density at radius 1 is 1.30 bits per heavy atom. The van der Waals surface area contributed by atoms with Crippen LogP contribution in [-0.4, -0.2) is 32.6 Å². The topological polar surface area (TPSA) is 105 Å². The fourth-order valence-electron chi connectivity index (χ4n) is 1.23. The summed E-state index contributed by atoms with van der Waals surface area (Å²) in [5, 5.41) is 8.46. The molecule has 0 amide bonds. The Morgan fingerprint density at radius 3 is 2.40 bits per heavy atom. The molecule has 0 bridgehead atoms. The molecule has 1 rings (SSSR count). The summed E-state index contributed by atoms with van der Waals surface area (Å²) in [5.41, 5.74) is 0.365. The molecule has 0 aromatic heterocycles. The maximum absolute atomic E-state index is 11.7. The van der Waals surface area contributed by atoms with Crippen LogP contribution < -0.4 is 14.2 Å². The van der Waals surface area contributed by atoms with Crippen LogP contribution >= 0.6 is 0 Å². The summed E-state index contributed by atoms with van der Waals surface area (Å²) in [4.78, 5) is 10.3. The molecule has 0 aliphatic rings. The van der Waals surface area contributed by atoms with Crippen molar-refractivity contribution >= 4 is 21.9 Å². The highest BCUT2D eigenvalue weighted by Crippen LogP contribution is 2.16. The number of hydrogen-bond donors (Lipinski definition) is 3. The quantitative estimate of drug-likeness (QED) is 0.666. The average molecular weight is 302 g/mol. The van der Waals surface area contributed by atoms with E-state index in [1.807, 2.05) is 13.8 Å². The van der Waals surface area contributed by atoms with E-state index in [0.717, 1.165) is 0 Å². The van der Waals surface area contributed by atoms with Gasteiger partial charge < -0.3 is 9.84 Å². The summed E-state index contributed by atoms with van der Waals surface area (Å²) in [6.07, 6.45) is 0. The minimum Gasteiger partial charge on any atom is -0.482 e. The second-order valence-corrected chi connectivity index (χ2v) is 6.05. The molecule has 0 aliphatic heterocycles. The highest BCUT2D eigenvalue weighted by molar-refractivity contribution is 7.90. The summed E-state index contributed by atoms with van der Waals surface area (Å²) >= 11 is 0. The van der Waals surface area contributed by atoms with Gasteiger partial charge in [0.1, 0.15) is 5.75 Å². The molecule has 0 aliphatic carbocycles. The van der Waals surface area contributed by atoms with Gasteiger partial charge in [-0.25, -0.2) is 4.79 Å². The number of nitrogens with one attached hydrogen (secondary N) is 2. The predicted octanol–water partition coefficient (Wildman–Crippen LogP) is 1.05. The number of anilines is 1. The Labute approximate surface area is 118 Å². The highest BCUT2D eigenvalue weighted by Gasteiger charge is 2.10. The normalized spacial score (nSPS) is 11.3. The first kappa shape index (κ1) is 16.3. The number of hydrogen-bond acceptors (Lipinski definition) is 4. The summed E-state index contributed by atoms with van der Waals surface area (Å²) in [6.45, 7) is 3.70. The van der Waals surface area contributed by atoms with E-state index in [9.17, 15) is 13.2 Å². The van der Waals surface area contributed by atoms with E-state index in [1.54, 1.807) is 0 Å². The molecule has 0 saturated heterocycles. The van der Waals surface area contributed by atoms with Gasteiger partial charge >= 0.3 is 5.97 Å². The van der Waals surface area contributed by atoms with E-state index in [0.29, 0.717) is 18.0 Å². The minimum absolute atomic E-state index is 0.207. The Balaban J connectivity index is 2.58. The van der Waals surface area contributed by atoms with Crippen molar-refractivity contribution < 1.29 is 23.1 Å². The van der Waals surface area contributed by atoms with Crippen LogP contribution in [0.1, 0.15) is 13.8 Å². The monoisotopic (exact) mass is 302 g/mol. The standard InChI is InChI=1S/C12H18N2O5S/c1-9(2)7-13-20(17,18)14-10-3-5-11(6-4-10)19-8-12(15)16/h3-6,9,13-14H,7-8H2,1-2H3,(H,15,16). The molecule has 0 radical (unpaired) electrons. The van der Waals surface area contributed by atoms with Crippen LogP contribution in [0.5, 0.6) is 5.75 Å². The van der Waals surface area contributed by atoms with E-state index >= 15 is 0 Å². The number of benzene rings is 1. The molecule has 8 heteroatoms. The first-order valence-electron chi connectivity index (χ1n) is 6.00. The van der Waals surface area contributed by atoms with Gasteiger partial charge in [0.05, 0.1) is 0 Å². The Hall–Kier alpha value is -1.80. The first-order chi connectivity index (χ1) is 9.28. The van der Waals surface area contributed by atoms with E-state index in [1.165, 1.54) is 24.3 Å². The van der Waals surface area contributed by atoms with Crippen molar-refractivity contribution in [1.29, 1.82) is 0 Å². The van der Waals surface area contributed by atoms with Crippen LogP contribution in [0.2, 0.25) is 0 Å². The van der Waals surface area contributed by atoms with E-state index in [4.69, 9.17) is 9.84 Å². The summed E-state index contributed by atoms with van der Waals surface area (Å²) in [7, 11) is -3.60. The van der Waals surface area contributed by atoms with Crippen LogP contribution in [0.15, 0.2) is 24.3 Å². The van der Waals surface area contributed by atoms with Gasteiger partial charge in [0.2, 0.25) is 0 Å². The van der Waals surface area contributed by atoms with E-state index < -0.39 is 22.8 Å². The van der Waals surface area contributed by atoms with Crippen molar-refractivity contribution in [2.24, 2.45) is 5.92 Å². The number of rotatable bonds is 8. The maximum atomic E-state index is 11.7. The SMILES string of the molecule is CC(C)CNS(=O)(=O)Nc1ccc(OCC(=O)O)cc1. The largest absolute Gasteiger partial charge is 0.482 e. The van der Waals surface area contributed by atoms with Crippen molar-refractivity contribution in [3.05, 3.63) is 24.3 Å². The van der Waals surface area contributed by atoms with Gasteiger partial charge in [-0.1, -0.05) is 13.8 Å². The van der Waals surface area contributed by atoms with Crippen molar-refractivity contribution in [2.75, 3.05) is 17.9 Å². The Morgan fingerprint density at radius 2 is 1.90 bits per heavy atom. The molecule has 0 heterocycles. The van der Waals surface area contributed by atoms with Crippen LogP contribution in [-0.2, 0) is 15.0 Å². The molecule has 0 unspecified atom stereocenters.